The number of likely N-dealkylation sites (N-methyl/N-ethyl adjacent to an activating group) is 1. The quantitative estimate of drug-likeness (QED) is 0.149. The van der Waals surface area contributed by atoms with E-state index in [9.17, 15) is 45.5 Å². The summed E-state index contributed by atoms with van der Waals surface area (Å²) < 4.78 is 86.1. The Kier molecular flexibility index (Phi) is 13.4. The molecule has 0 spiro atoms. The third kappa shape index (κ3) is 11.0. The number of rotatable bonds is 14. The van der Waals surface area contributed by atoms with Crippen LogP contribution in [0.3, 0.4) is 0 Å². The molecular formula is C31H35F6N5O5S. The Morgan fingerprint density at radius 3 is 2.17 bits per heavy atom. The number of hydrogen-bond donors (Lipinski definition) is 3. The predicted octanol–water partition coefficient (Wildman–Crippen LogP) is 4.51. The van der Waals surface area contributed by atoms with Gasteiger partial charge in [0.05, 0.1) is 24.4 Å². The third-order valence-electron chi connectivity index (χ3n) is 7.48. The molecule has 48 heavy (non-hydrogen) atoms. The Morgan fingerprint density at radius 2 is 1.54 bits per heavy atom. The van der Waals surface area contributed by atoms with Gasteiger partial charge in [0.1, 0.15) is 6.04 Å². The number of halogens is 6. The topological polar surface area (TPSA) is 143 Å². The molecule has 4 N–H and O–H groups in total. The summed E-state index contributed by atoms with van der Waals surface area (Å²) in [5.74, 6) is -7.57. The van der Waals surface area contributed by atoms with Crippen molar-refractivity contribution in [3.8, 4) is 0 Å². The molecule has 1 aliphatic heterocycles. The summed E-state index contributed by atoms with van der Waals surface area (Å²) in [6, 6.07) is 14.2. The van der Waals surface area contributed by atoms with Crippen molar-refractivity contribution in [2.75, 3.05) is 24.8 Å². The third-order valence-corrected chi connectivity index (χ3v) is 8.35. The highest BCUT2D eigenvalue weighted by molar-refractivity contribution is 7.98. The number of hydrogen-bond acceptors (Lipinski definition) is 8. The molecule has 0 radical (unpaired) electrons. The number of anilines is 1. The highest BCUT2D eigenvalue weighted by atomic mass is 32.2. The van der Waals surface area contributed by atoms with E-state index in [4.69, 9.17) is 5.73 Å². The molecule has 2 aromatic rings. The maximum Gasteiger partial charge on any atom is 0.389 e. The number of ether oxygens (including phenoxy) is 1. The van der Waals surface area contributed by atoms with Crippen LogP contribution in [0.25, 0.3) is 0 Å². The van der Waals surface area contributed by atoms with Gasteiger partial charge < -0.3 is 20.7 Å². The van der Waals surface area contributed by atoms with Crippen molar-refractivity contribution in [1.82, 2.24) is 10.0 Å². The molecule has 0 saturated heterocycles. The highest BCUT2D eigenvalue weighted by Gasteiger charge is 2.40. The van der Waals surface area contributed by atoms with Crippen molar-refractivity contribution < 1.29 is 50.3 Å². The van der Waals surface area contributed by atoms with Gasteiger partial charge in [0.15, 0.2) is 0 Å². The van der Waals surface area contributed by atoms with E-state index in [1.54, 1.807) is 54.6 Å². The van der Waals surface area contributed by atoms with Crippen LogP contribution in [0.5, 0.6) is 0 Å². The minimum absolute atomic E-state index is 0.254. The number of nitrogens with one attached hydrogen (secondary N) is 2. The number of para-hydroxylation sites is 1. The SMILES string of the molecule is COC(=O)C(N)CSNC(=O)C(CCC(F)(F)F)C(CCCC(F)(F)F)C(=O)NC1N=C(c2ccccc2)c2ccccc2N(C)C1=O. The van der Waals surface area contributed by atoms with E-state index < -0.39 is 92.2 Å². The van der Waals surface area contributed by atoms with Crippen LogP contribution in [0.4, 0.5) is 32.0 Å². The molecular weight excluding hydrogens is 668 g/mol. The molecule has 10 nitrogen and oxygen atoms in total. The minimum Gasteiger partial charge on any atom is -0.468 e. The van der Waals surface area contributed by atoms with E-state index in [0.717, 1.165) is 7.11 Å². The number of benzodiazepines with no additional fused rings is 1. The van der Waals surface area contributed by atoms with Crippen molar-refractivity contribution in [3.63, 3.8) is 0 Å². The van der Waals surface area contributed by atoms with Crippen LogP contribution in [0, 0.1) is 11.8 Å². The van der Waals surface area contributed by atoms with Gasteiger partial charge in [0.2, 0.25) is 18.0 Å². The lowest BCUT2D eigenvalue weighted by Crippen LogP contribution is -2.50. The van der Waals surface area contributed by atoms with Crippen molar-refractivity contribution in [1.29, 1.82) is 0 Å². The lowest BCUT2D eigenvalue weighted by molar-refractivity contribution is -0.147. The Morgan fingerprint density at radius 1 is 0.938 bits per heavy atom. The van der Waals surface area contributed by atoms with E-state index in [-0.39, 0.29) is 5.75 Å². The zero-order valence-corrected chi connectivity index (χ0v) is 26.8. The molecule has 3 amide bonds. The highest BCUT2D eigenvalue weighted by Crippen LogP contribution is 2.33. The second-order valence-corrected chi connectivity index (χ2v) is 11.8. The summed E-state index contributed by atoms with van der Waals surface area (Å²) in [4.78, 5) is 58.1. The van der Waals surface area contributed by atoms with Gasteiger partial charge in [-0.15, -0.1) is 0 Å². The molecule has 0 bridgehead atoms. The molecule has 262 valence electrons. The Hall–Kier alpha value is -4.12. The van der Waals surface area contributed by atoms with Gasteiger partial charge in [-0.1, -0.05) is 48.5 Å². The average molecular weight is 704 g/mol. The summed E-state index contributed by atoms with van der Waals surface area (Å²) in [6.45, 7) is 0. The van der Waals surface area contributed by atoms with Gasteiger partial charge in [-0.3, -0.25) is 23.9 Å². The summed E-state index contributed by atoms with van der Waals surface area (Å²) in [5, 5.41) is 2.40. The number of methoxy groups -OCH3 is 1. The Balaban J connectivity index is 1.99. The van der Waals surface area contributed by atoms with Crippen LogP contribution in [0.2, 0.25) is 0 Å². The van der Waals surface area contributed by atoms with Gasteiger partial charge in [0.25, 0.3) is 5.91 Å². The Bertz CT molecular complexity index is 1470. The number of benzene rings is 2. The molecule has 0 saturated carbocycles. The fraction of sp³-hybridized carbons (Fsp3) is 0.452. The second-order valence-electron chi connectivity index (χ2n) is 11.0. The summed E-state index contributed by atoms with van der Waals surface area (Å²) >= 11 is 0.561. The zero-order valence-electron chi connectivity index (χ0n) is 25.9. The number of alkyl halides is 6. The van der Waals surface area contributed by atoms with E-state index >= 15 is 0 Å². The maximum atomic E-state index is 13.8. The molecule has 2 aromatic carbocycles. The number of amides is 3. The van der Waals surface area contributed by atoms with Gasteiger partial charge in [-0.25, -0.2) is 4.99 Å². The molecule has 17 heteroatoms. The van der Waals surface area contributed by atoms with Gasteiger partial charge >= 0.3 is 18.3 Å². The number of carbonyl (C=O) groups is 4. The van der Waals surface area contributed by atoms with Crippen molar-refractivity contribution in [2.24, 2.45) is 22.6 Å². The molecule has 0 aromatic heterocycles. The normalized spacial score (nSPS) is 16.9. The van der Waals surface area contributed by atoms with Crippen molar-refractivity contribution in [3.05, 3.63) is 65.7 Å². The fourth-order valence-electron chi connectivity index (χ4n) is 5.05. The average Bonchev–Trinajstić information content (AvgIpc) is 3.13. The molecule has 1 heterocycles. The summed E-state index contributed by atoms with van der Waals surface area (Å²) in [6.07, 6.45) is -16.3. The number of aliphatic imine (C=N–C) groups is 1. The zero-order chi connectivity index (χ0) is 35.6. The lowest BCUT2D eigenvalue weighted by Gasteiger charge is -2.28. The van der Waals surface area contributed by atoms with E-state index in [2.05, 4.69) is 19.8 Å². The van der Waals surface area contributed by atoms with E-state index in [1.807, 2.05) is 0 Å². The lowest BCUT2D eigenvalue weighted by atomic mass is 9.83. The smallest absolute Gasteiger partial charge is 0.389 e. The summed E-state index contributed by atoms with van der Waals surface area (Å²) in [7, 11) is 2.51. The van der Waals surface area contributed by atoms with Crippen LogP contribution in [0.1, 0.15) is 43.2 Å². The Labute approximate surface area is 277 Å². The minimum atomic E-state index is -4.77. The maximum absolute atomic E-state index is 13.8. The first kappa shape index (κ1) is 38.3. The van der Waals surface area contributed by atoms with Gasteiger partial charge in [0, 0.05) is 42.7 Å². The first-order valence-corrected chi connectivity index (χ1v) is 15.7. The van der Waals surface area contributed by atoms with Crippen LogP contribution < -0.4 is 20.7 Å². The first-order chi connectivity index (χ1) is 22.5. The molecule has 3 rings (SSSR count). The second kappa shape index (κ2) is 16.8. The number of nitrogens with two attached hydrogens (primary N) is 1. The summed E-state index contributed by atoms with van der Waals surface area (Å²) in [5.41, 5.74) is 7.47. The van der Waals surface area contributed by atoms with Crippen molar-refractivity contribution in [2.45, 2.75) is 56.7 Å². The van der Waals surface area contributed by atoms with E-state index in [1.165, 1.54) is 11.9 Å². The number of nitrogens with zero attached hydrogens (tertiary/aromatic N) is 2. The predicted molar refractivity (Wildman–Crippen MR) is 167 cm³/mol. The molecule has 1 aliphatic rings. The van der Waals surface area contributed by atoms with Crippen LogP contribution in [-0.2, 0) is 23.9 Å². The molecule has 0 fully saturated rings. The van der Waals surface area contributed by atoms with Crippen LogP contribution >= 0.6 is 11.9 Å². The standard InChI is InChI=1S/C31H35F6N5O5S/c1-42-23-13-7-6-11-21(23)24(18-9-4-3-5-10-18)39-25(28(42)45)40-26(43)19(12-8-15-30(32,33)34)20(14-16-31(35,36)37)27(44)41-48-17-22(38)29(46)47-2/h3-7,9-11,13,19-20,22,25H,8,12,14-17,38H2,1-2H3,(H,40,43)(H,41,44). The largest absolute Gasteiger partial charge is 0.468 e. The number of carbonyl (C=O) groups excluding carboxylic acids is 4. The number of fused-ring (bicyclic) bond motifs is 1. The molecule has 4 atom stereocenters. The number of esters is 1. The van der Waals surface area contributed by atoms with Crippen molar-refractivity contribution >= 4 is 47.0 Å². The fourth-order valence-corrected chi connectivity index (χ4v) is 5.75. The monoisotopic (exact) mass is 703 g/mol. The van der Waals surface area contributed by atoms with Gasteiger partial charge in [-0.05, 0) is 37.3 Å². The van der Waals surface area contributed by atoms with Gasteiger partial charge in [-0.2, -0.15) is 26.3 Å². The van der Waals surface area contributed by atoms with E-state index in [0.29, 0.717) is 34.5 Å². The molecule has 4 unspecified atom stereocenters. The molecule has 0 aliphatic carbocycles. The van der Waals surface area contributed by atoms with Crippen LogP contribution in [0.15, 0.2) is 59.6 Å². The first-order valence-electron chi connectivity index (χ1n) is 14.7. The van der Waals surface area contributed by atoms with Crippen LogP contribution in [-0.4, -0.2) is 73.9 Å².